The second-order valence-corrected chi connectivity index (χ2v) is 6.75. The van der Waals surface area contributed by atoms with Crippen LogP contribution in [0.25, 0.3) is 11.0 Å². The molecule has 0 fully saturated rings. The van der Waals surface area contributed by atoms with Gasteiger partial charge in [-0.05, 0) is 38.0 Å². The molecule has 1 aliphatic heterocycles. The SMILES string of the molecule is Cc1c(C)c2cc3c(c(C)c2oc1=O)OCN(Cc1ccccc1)C3. The minimum absolute atomic E-state index is 0.269. The molecule has 0 amide bonds. The van der Waals surface area contributed by atoms with E-state index in [4.69, 9.17) is 9.15 Å². The highest BCUT2D eigenvalue weighted by Gasteiger charge is 2.23. The van der Waals surface area contributed by atoms with E-state index in [1.54, 1.807) is 0 Å². The number of hydrogen-bond acceptors (Lipinski definition) is 4. The lowest BCUT2D eigenvalue weighted by atomic mass is 9.99. The molecule has 4 rings (SSSR count). The van der Waals surface area contributed by atoms with E-state index >= 15 is 0 Å². The maximum absolute atomic E-state index is 12.0. The van der Waals surface area contributed by atoms with E-state index in [0.29, 0.717) is 17.9 Å². The summed E-state index contributed by atoms with van der Waals surface area (Å²) in [4.78, 5) is 14.3. The number of ether oxygens (including phenoxy) is 1. The van der Waals surface area contributed by atoms with E-state index in [1.165, 1.54) is 5.56 Å². The second-order valence-electron chi connectivity index (χ2n) is 6.75. The summed E-state index contributed by atoms with van der Waals surface area (Å²) in [6.45, 7) is 7.95. The van der Waals surface area contributed by atoms with Crippen LogP contribution in [0.1, 0.15) is 27.8 Å². The number of nitrogens with zero attached hydrogens (tertiary/aromatic N) is 1. The minimum atomic E-state index is -0.269. The van der Waals surface area contributed by atoms with Gasteiger partial charge in [-0.2, -0.15) is 0 Å². The van der Waals surface area contributed by atoms with Gasteiger partial charge in [-0.15, -0.1) is 0 Å². The van der Waals surface area contributed by atoms with Crippen molar-refractivity contribution in [2.24, 2.45) is 0 Å². The Morgan fingerprint density at radius 2 is 1.80 bits per heavy atom. The third-order valence-corrected chi connectivity index (χ3v) is 5.04. The molecule has 128 valence electrons. The monoisotopic (exact) mass is 335 g/mol. The summed E-state index contributed by atoms with van der Waals surface area (Å²) >= 11 is 0. The topological polar surface area (TPSA) is 42.7 Å². The molecule has 3 aromatic rings. The summed E-state index contributed by atoms with van der Waals surface area (Å²) in [5.74, 6) is 0.850. The molecule has 0 aliphatic carbocycles. The van der Waals surface area contributed by atoms with Crippen LogP contribution in [0.3, 0.4) is 0 Å². The molecule has 0 saturated carbocycles. The van der Waals surface area contributed by atoms with E-state index in [0.717, 1.165) is 40.9 Å². The molecule has 0 atom stereocenters. The van der Waals surface area contributed by atoms with Crippen LogP contribution in [0.4, 0.5) is 0 Å². The maximum Gasteiger partial charge on any atom is 0.339 e. The Labute approximate surface area is 146 Å². The van der Waals surface area contributed by atoms with Gasteiger partial charge >= 0.3 is 5.63 Å². The number of benzene rings is 2. The van der Waals surface area contributed by atoms with Crippen molar-refractivity contribution in [1.82, 2.24) is 4.90 Å². The average Bonchev–Trinajstić information content (AvgIpc) is 2.62. The van der Waals surface area contributed by atoms with Gasteiger partial charge in [0.25, 0.3) is 0 Å². The summed E-state index contributed by atoms with van der Waals surface area (Å²) in [6, 6.07) is 12.5. The van der Waals surface area contributed by atoms with Gasteiger partial charge in [-0.25, -0.2) is 4.79 Å². The fraction of sp³-hybridized carbons (Fsp3) is 0.286. The Morgan fingerprint density at radius 1 is 1.04 bits per heavy atom. The highest BCUT2D eigenvalue weighted by atomic mass is 16.5. The zero-order chi connectivity index (χ0) is 17.6. The normalized spacial score (nSPS) is 14.4. The molecule has 2 aromatic carbocycles. The number of aryl methyl sites for hydroxylation is 2. The van der Waals surface area contributed by atoms with Crippen LogP contribution in [0.15, 0.2) is 45.6 Å². The molecule has 0 spiro atoms. The van der Waals surface area contributed by atoms with Gasteiger partial charge in [0.15, 0.2) is 0 Å². The summed E-state index contributed by atoms with van der Waals surface area (Å²) in [6.07, 6.45) is 0. The number of rotatable bonds is 2. The van der Waals surface area contributed by atoms with Crippen LogP contribution < -0.4 is 10.4 Å². The molecule has 0 unspecified atom stereocenters. The standard InChI is InChI=1S/C21H21NO3/c1-13-14(2)21(23)25-20-15(3)19-17(9-18(13)20)11-22(12-24-19)10-16-7-5-4-6-8-16/h4-9H,10-12H2,1-3H3. The van der Waals surface area contributed by atoms with Gasteiger partial charge in [-0.1, -0.05) is 30.3 Å². The van der Waals surface area contributed by atoms with Crippen molar-refractivity contribution in [3.63, 3.8) is 0 Å². The fourth-order valence-corrected chi connectivity index (χ4v) is 3.49. The molecule has 1 aromatic heterocycles. The summed E-state index contributed by atoms with van der Waals surface area (Å²) in [7, 11) is 0. The molecule has 0 N–H and O–H groups in total. The van der Waals surface area contributed by atoms with Crippen LogP contribution in [0, 0.1) is 20.8 Å². The molecule has 25 heavy (non-hydrogen) atoms. The maximum atomic E-state index is 12.0. The van der Waals surface area contributed by atoms with Crippen molar-refractivity contribution in [1.29, 1.82) is 0 Å². The molecular weight excluding hydrogens is 314 g/mol. The quantitative estimate of drug-likeness (QED) is 0.662. The third-order valence-electron chi connectivity index (χ3n) is 5.04. The number of fused-ring (bicyclic) bond motifs is 2. The lowest BCUT2D eigenvalue weighted by Gasteiger charge is -2.30. The van der Waals surface area contributed by atoms with E-state index in [1.807, 2.05) is 26.8 Å². The molecule has 0 saturated heterocycles. The first-order valence-electron chi connectivity index (χ1n) is 8.50. The van der Waals surface area contributed by atoms with E-state index in [-0.39, 0.29) is 5.63 Å². The van der Waals surface area contributed by atoms with Crippen LogP contribution >= 0.6 is 0 Å². The molecule has 0 radical (unpaired) electrons. The van der Waals surface area contributed by atoms with Crippen molar-refractivity contribution in [3.8, 4) is 5.75 Å². The minimum Gasteiger partial charge on any atom is -0.477 e. The van der Waals surface area contributed by atoms with Crippen molar-refractivity contribution in [2.75, 3.05) is 6.73 Å². The molecule has 1 aliphatic rings. The van der Waals surface area contributed by atoms with Gasteiger partial charge in [-0.3, -0.25) is 4.90 Å². The van der Waals surface area contributed by atoms with Crippen LogP contribution in [-0.2, 0) is 13.1 Å². The Kier molecular flexibility index (Phi) is 3.85. The van der Waals surface area contributed by atoms with E-state index in [2.05, 4.69) is 35.2 Å². The molecular formula is C21H21NO3. The summed E-state index contributed by atoms with van der Waals surface area (Å²) < 4.78 is 11.6. The number of hydrogen-bond donors (Lipinski definition) is 0. The Bertz CT molecular complexity index is 1010. The van der Waals surface area contributed by atoms with Gasteiger partial charge in [0.2, 0.25) is 0 Å². The predicted octanol–water partition coefficient (Wildman–Crippen LogP) is 4.07. The van der Waals surface area contributed by atoms with Gasteiger partial charge in [0.1, 0.15) is 18.1 Å². The Balaban J connectivity index is 1.75. The largest absolute Gasteiger partial charge is 0.477 e. The van der Waals surface area contributed by atoms with Crippen molar-refractivity contribution >= 4 is 11.0 Å². The highest BCUT2D eigenvalue weighted by Crippen LogP contribution is 2.36. The first-order valence-corrected chi connectivity index (χ1v) is 8.50. The zero-order valence-corrected chi connectivity index (χ0v) is 14.8. The first kappa shape index (κ1) is 15.9. The summed E-state index contributed by atoms with van der Waals surface area (Å²) in [5, 5.41) is 0.999. The second kappa shape index (κ2) is 6.05. The lowest BCUT2D eigenvalue weighted by molar-refractivity contribution is 0.0881. The zero-order valence-electron chi connectivity index (χ0n) is 14.8. The predicted molar refractivity (Wildman–Crippen MR) is 97.9 cm³/mol. The Hall–Kier alpha value is -2.59. The molecule has 4 nitrogen and oxygen atoms in total. The Morgan fingerprint density at radius 3 is 2.56 bits per heavy atom. The first-order chi connectivity index (χ1) is 12.0. The van der Waals surface area contributed by atoms with E-state index in [9.17, 15) is 4.79 Å². The van der Waals surface area contributed by atoms with E-state index < -0.39 is 0 Å². The molecule has 4 heteroatoms. The molecule has 0 bridgehead atoms. The van der Waals surface area contributed by atoms with Crippen molar-refractivity contribution < 1.29 is 9.15 Å². The van der Waals surface area contributed by atoms with Crippen LogP contribution in [0.5, 0.6) is 5.75 Å². The average molecular weight is 335 g/mol. The van der Waals surface area contributed by atoms with Gasteiger partial charge in [0.05, 0.1) is 0 Å². The third kappa shape index (κ3) is 2.72. The van der Waals surface area contributed by atoms with Gasteiger partial charge in [0, 0.05) is 35.2 Å². The van der Waals surface area contributed by atoms with Crippen LogP contribution in [-0.4, -0.2) is 11.6 Å². The smallest absolute Gasteiger partial charge is 0.339 e. The van der Waals surface area contributed by atoms with Crippen LogP contribution in [0.2, 0.25) is 0 Å². The molecule has 2 heterocycles. The summed E-state index contributed by atoms with van der Waals surface area (Å²) in [5.41, 5.74) is 5.35. The lowest BCUT2D eigenvalue weighted by Crippen LogP contribution is -2.32. The van der Waals surface area contributed by atoms with Gasteiger partial charge < -0.3 is 9.15 Å². The fourth-order valence-electron chi connectivity index (χ4n) is 3.49. The van der Waals surface area contributed by atoms with Crippen molar-refractivity contribution in [3.05, 3.63) is 74.6 Å². The highest BCUT2D eigenvalue weighted by molar-refractivity contribution is 5.87. The van der Waals surface area contributed by atoms with Crippen molar-refractivity contribution in [2.45, 2.75) is 33.9 Å².